The summed E-state index contributed by atoms with van der Waals surface area (Å²) in [6.45, 7) is 24.6. The molecule has 18 rings (SSSR count). The van der Waals surface area contributed by atoms with Crippen molar-refractivity contribution in [3.63, 3.8) is 0 Å². The lowest BCUT2D eigenvalue weighted by atomic mass is 9.72. The molecule has 11 heterocycles. The second kappa shape index (κ2) is 36.6. The third kappa shape index (κ3) is 18.5. The number of nitrogens with one attached hydrogen (secondary N) is 5. The molecule has 27 nitrogen and oxygen atoms in total. The van der Waals surface area contributed by atoms with Crippen LogP contribution >= 0.6 is 28.6 Å². The number of piperazine rings is 1. The average Bonchev–Trinajstić information content (AvgIpc) is 1.53. The van der Waals surface area contributed by atoms with Gasteiger partial charge in [0.2, 0.25) is 23.5 Å². The van der Waals surface area contributed by atoms with E-state index in [0.29, 0.717) is 74.4 Å². The van der Waals surface area contributed by atoms with Crippen molar-refractivity contribution in [2.45, 2.75) is 217 Å². The molecular formula is C87H124BrN15O12S3. The largest absolute Gasteiger partial charge is 0.368 e. The number of piperidine rings is 3. The number of likely N-dealkylation sites (N-methyl/N-ethyl adjacent to an activating group) is 2. The van der Waals surface area contributed by atoms with Gasteiger partial charge in [0.15, 0.2) is 0 Å². The van der Waals surface area contributed by atoms with E-state index in [1.165, 1.54) is 137 Å². The molecule has 5 amide bonds. The van der Waals surface area contributed by atoms with Crippen LogP contribution in [0.5, 0.6) is 0 Å². The Morgan fingerprint density at radius 2 is 1.37 bits per heavy atom. The van der Waals surface area contributed by atoms with Crippen LogP contribution in [0.3, 0.4) is 0 Å². The maximum Gasteiger partial charge on any atom is 0.317 e. The van der Waals surface area contributed by atoms with Crippen molar-refractivity contribution >= 4 is 117 Å². The van der Waals surface area contributed by atoms with Crippen LogP contribution in [-0.4, -0.2) is 259 Å². The SMILES string of the molecule is CC(C)C[C@H]1C(=O)N2CCC[C@H]2[C@]2(O)O[C@](NC(=O)C3C=C4c5cccc6[nH]c(Br)c(c56)C[C@H]4N(C)C3)(C(C)C)C(=O)N12.CCCN1CCC[C@@H]2Cc3nc(N)ncc3C[C@H]21.CCCN1C[C@H](CCS)C[C@@H]2c3cccc4[nH]cc(c34)C[C@H]21.CCN(CC)C(=O)N[C@H]1C[C@@H]2c3cccc4[nH]cc(c34)C[C@H]2N(C)C1.CS(=O)(=O)O.CS(=O)(=O)O. The fourth-order valence-electron chi connectivity index (χ4n) is 21.4. The number of carbonyl (C=O) groups excluding carboxylic acids is 4. The number of hydrogen-bond acceptors (Lipinski definition) is 18. The number of aliphatic hydroxyl groups is 1. The van der Waals surface area contributed by atoms with Crippen LogP contribution in [0, 0.1) is 29.6 Å². The van der Waals surface area contributed by atoms with Crippen LogP contribution in [0.2, 0.25) is 0 Å². The maximum atomic E-state index is 14.4. The molecule has 0 saturated carbocycles. The molecular weight excluding hydrogens is 1620 g/mol. The molecule has 0 radical (unpaired) electrons. The predicted molar refractivity (Wildman–Crippen MR) is 469 cm³/mol. The number of amides is 5. The number of hydrogen-bond donors (Lipinski definition) is 10. The summed E-state index contributed by atoms with van der Waals surface area (Å²) < 4.78 is 59.2. The summed E-state index contributed by atoms with van der Waals surface area (Å²) in [5.74, 6) is 0.187. The Bertz CT molecular complexity index is 5020. The molecule has 118 heavy (non-hydrogen) atoms. The first-order valence-electron chi connectivity index (χ1n) is 42.7. The molecule has 11 aliphatic rings. The lowest BCUT2D eigenvalue weighted by Crippen LogP contribution is -2.71. The highest BCUT2D eigenvalue weighted by Gasteiger charge is 2.72. The number of H-pyrrole nitrogens is 3. The topological polar surface area (TPSA) is 352 Å². The number of aromatic nitrogens is 5. The molecule has 7 aliphatic heterocycles. The Balaban J connectivity index is 0.000000138. The number of anilines is 1. The second-order valence-electron chi connectivity index (χ2n) is 35.3. The van der Waals surface area contributed by atoms with Crippen LogP contribution in [0.15, 0.2) is 83.9 Å². The molecule has 0 spiro atoms. The van der Waals surface area contributed by atoms with E-state index >= 15 is 0 Å². The number of benzene rings is 3. The molecule has 6 fully saturated rings. The molecule has 644 valence electrons. The first kappa shape index (κ1) is 88.8. The Morgan fingerprint density at radius 1 is 0.763 bits per heavy atom. The number of thiol groups is 1. The summed E-state index contributed by atoms with van der Waals surface area (Å²) in [6.07, 6.45) is 25.6. The van der Waals surface area contributed by atoms with Crippen molar-refractivity contribution in [3.8, 4) is 0 Å². The van der Waals surface area contributed by atoms with Crippen molar-refractivity contribution in [1.29, 1.82) is 0 Å². The van der Waals surface area contributed by atoms with Gasteiger partial charge < -0.3 is 51.1 Å². The van der Waals surface area contributed by atoms with E-state index < -0.39 is 61.7 Å². The summed E-state index contributed by atoms with van der Waals surface area (Å²) in [5.41, 5.74) is 19.4. The average molecular weight is 1750 g/mol. The van der Waals surface area contributed by atoms with Gasteiger partial charge in [0.05, 0.1) is 23.0 Å². The number of halogens is 1. The van der Waals surface area contributed by atoms with E-state index in [1.54, 1.807) is 24.3 Å². The van der Waals surface area contributed by atoms with Crippen molar-refractivity contribution in [2.75, 3.05) is 97.0 Å². The molecule has 10 N–H and O–H groups in total. The lowest BCUT2D eigenvalue weighted by molar-refractivity contribution is -0.322. The first-order chi connectivity index (χ1) is 56.1. The van der Waals surface area contributed by atoms with Gasteiger partial charge in [0.1, 0.15) is 12.1 Å². The molecule has 6 saturated heterocycles. The van der Waals surface area contributed by atoms with E-state index in [0.717, 1.165) is 97.0 Å². The molecule has 14 atom stereocenters. The number of nitrogens with zero attached hydrogens (tertiary/aromatic N) is 9. The van der Waals surface area contributed by atoms with Gasteiger partial charge in [-0.1, -0.05) is 84.0 Å². The predicted octanol–water partition coefficient (Wildman–Crippen LogP) is 11.0. The zero-order valence-electron chi connectivity index (χ0n) is 70.5. The van der Waals surface area contributed by atoms with Gasteiger partial charge in [-0.05, 0) is 246 Å². The number of likely N-dealkylation sites (tertiary alicyclic amines) is 3. The summed E-state index contributed by atoms with van der Waals surface area (Å²) in [6, 6.07) is 20.4. The highest BCUT2D eigenvalue weighted by molar-refractivity contribution is 9.10. The summed E-state index contributed by atoms with van der Waals surface area (Å²) in [5, 5.41) is 22.5. The van der Waals surface area contributed by atoms with E-state index in [9.17, 15) is 41.1 Å². The normalized spacial score (nSPS) is 28.1. The number of nitrogen functional groups attached to an aromatic ring is 1. The highest BCUT2D eigenvalue weighted by atomic mass is 79.9. The third-order valence-corrected chi connectivity index (χ3v) is 27.4. The van der Waals surface area contributed by atoms with Crippen molar-refractivity contribution in [3.05, 3.63) is 129 Å². The van der Waals surface area contributed by atoms with Gasteiger partial charge in [0.25, 0.3) is 32.1 Å². The molecule has 4 aliphatic carbocycles. The minimum atomic E-state index is -3.67. The molecule has 31 heteroatoms. The third-order valence-electron chi connectivity index (χ3n) is 26.5. The lowest BCUT2D eigenvalue weighted by Gasteiger charge is -2.49. The zero-order chi connectivity index (χ0) is 84.8. The number of aromatic amines is 3. The Kier molecular flexibility index (Phi) is 27.5. The van der Waals surface area contributed by atoms with Crippen LogP contribution < -0.4 is 16.4 Å². The van der Waals surface area contributed by atoms with Gasteiger partial charge in [-0.2, -0.15) is 29.5 Å². The van der Waals surface area contributed by atoms with Crippen LogP contribution in [0.25, 0.3) is 38.3 Å². The van der Waals surface area contributed by atoms with E-state index in [-0.39, 0.29) is 35.8 Å². The van der Waals surface area contributed by atoms with Gasteiger partial charge in [0, 0.05) is 144 Å². The molecule has 7 aromatic rings. The number of fused-ring (bicyclic) bond motifs is 11. The summed E-state index contributed by atoms with van der Waals surface area (Å²) in [7, 11) is -3.11. The Labute approximate surface area is 709 Å². The summed E-state index contributed by atoms with van der Waals surface area (Å²) in [4.78, 5) is 88.5. The fraction of sp³-hybridized carbons (Fsp3) is 0.609. The zero-order valence-corrected chi connectivity index (χ0v) is 74.6. The van der Waals surface area contributed by atoms with E-state index in [1.807, 2.05) is 58.0 Å². The fourth-order valence-corrected chi connectivity index (χ4v) is 22.3. The summed E-state index contributed by atoms with van der Waals surface area (Å²) >= 11 is 8.19. The van der Waals surface area contributed by atoms with E-state index in [4.69, 9.17) is 19.6 Å². The van der Waals surface area contributed by atoms with E-state index in [2.05, 4.69) is 166 Å². The molecule has 1 unspecified atom stereocenters. The van der Waals surface area contributed by atoms with Crippen molar-refractivity contribution in [2.24, 2.45) is 29.6 Å². The van der Waals surface area contributed by atoms with Gasteiger partial charge in [-0.25, -0.2) is 14.8 Å². The Hall–Kier alpha value is -7.01. The highest BCUT2D eigenvalue weighted by Crippen LogP contribution is 2.51. The van der Waals surface area contributed by atoms with Crippen LogP contribution in [-0.2, 0) is 71.5 Å². The molecule has 3 aromatic carbocycles. The van der Waals surface area contributed by atoms with Crippen molar-refractivity contribution < 1.29 is 55.0 Å². The molecule has 4 aromatic heterocycles. The number of ether oxygens (including phenoxy) is 1. The number of rotatable bonds is 14. The minimum absolute atomic E-state index is 0.0678. The smallest absolute Gasteiger partial charge is 0.317 e. The molecule has 0 bridgehead atoms. The van der Waals surface area contributed by atoms with Crippen molar-refractivity contribution in [1.82, 2.24) is 69.9 Å². The first-order valence-corrected chi connectivity index (χ1v) is 47.8. The van der Waals surface area contributed by atoms with Gasteiger partial charge >= 0.3 is 6.03 Å². The monoisotopic (exact) mass is 1750 g/mol. The Morgan fingerprint density at radius 3 is 2.00 bits per heavy atom. The number of carbonyl (C=O) groups is 4. The second-order valence-corrected chi connectivity index (χ2v) is 39.5. The standard InChI is InChI=1S/C32H40BrN5O5.C20H28N4O.C19H26N2S.C14H22N4.2CH4O3S/c1-16(2)12-24-29(40)37-11-7-10-25(37)32(42)38(24)30(41)31(43-32,17(3)4)35-28(39)18-13-20-19-8-6-9-22-26(19)21(27(33)34-22)14-23(20)36(5)15-18;1-4-24(5-2)20(25)22-14-10-16-15-7-6-8-17-19(15)13(11-21-17)9-18(16)23(3)12-14;1-2-7-21-12-13(6-8-22)9-16-15-4-3-5-17-19(15)14(11-20-17)10-18(16)21;1-2-5-18-6-3-4-10-7-12-11(8-13(10)18)9-16-14(15)17-12;2*1-5(2,3)4/h6,8-9,13,16-18,23-25,34,42H,7,10-12,14-15H2,1-5H3,(H,35,39);6-8,11,14,16,18,21H,4-5,9-10,12H2,1-3H3,(H,22,25);3-5,11,13,16,18,20,22H,2,6-10,12H2,1H3;9-10,13H,2-8H2,1H3,(H2,15,16,17);2*1H3,(H,2,3,4)/t18?,23-,24+,25+,31-,32+;14-,16+,18+;13-,16-,18-;10-,13-;;/m1011../s1. The van der Waals surface area contributed by atoms with Crippen LogP contribution in [0.1, 0.15) is 176 Å². The quantitative estimate of drug-likeness (QED) is 0.0357. The van der Waals surface area contributed by atoms with Gasteiger partial charge in [-0.15, -0.1) is 0 Å². The number of urea groups is 1. The van der Waals surface area contributed by atoms with Crippen LogP contribution in [0.4, 0.5) is 10.7 Å². The van der Waals surface area contributed by atoms with Gasteiger partial charge in [-0.3, -0.25) is 47.8 Å². The minimum Gasteiger partial charge on any atom is -0.368 e. The number of nitrogens with two attached hydrogens (primary N) is 1. The maximum absolute atomic E-state index is 14.4.